The van der Waals surface area contributed by atoms with Gasteiger partial charge in [-0.25, -0.2) is 9.97 Å². The maximum absolute atomic E-state index is 13.7. The highest BCUT2D eigenvalue weighted by Crippen LogP contribution is 2.40. The van der Waals surface area contributed by atoms with Crippen LogP contribution in [0.5, 0.6) is 5.75 Å². The van der Waals surface area contributed by atoms with Crippen molar-refractivity contribution in [3.8, 4) is 28.5 Å². The molecule has 10 heteroatoms. The molecule has 8 rings (SSSR count). The average Bonchev–Trinajstić information content (AvgIpc) is 3.47. The van der Waals surface area contributed by atoms with Crippen LogP contribution in [0.25, 0.3) is 44.8 Å². The lowest BCUT2D eigenvalue weighted by Gasteiger charge is -2.27. The molecule has 0 radical (unpaired) electrons. The molecule has 1 saturated heterocycles. The van der Waals surface area contributed by atoms with E-state index in [2.05, 4.69) is 44.8 Å². The highest BCUT2D eigenvalue weighted by molar-refractivity contribution is 6.00. The van der Waals surface area contributed by atoms with Crippen molar-refractivity contribution in [1.82, 2.24) is 29.3 Å². The van der Waals surface area contributed by atoms with Gasteiger partial charge in [0.2, 0.25) is 5.91 Å². The number of fused-ring (bicyclic) bond motifs is 4. The van der Waals surface area contributed by atoms with E-state index in [0.29, 0.717) is 36.2 Å². The highest BCUT2D eigenvalue weighted by atomic mass is 16.5. The van der Waals surface area contributed by atoms with Gasteiger partial charge in [0.05, 0.1) is 24.0 Å². The van der Waals surface area contributed by atoms with Crippen LogP contribution in [0.1, 0.15) is 48.5 Å². The number of hydrogen-bond donors (Lipinski definition) is 2. The summed E-state index contributed by atoms with van der Waals surface area (Å²) in [5, 5.41) is 3.92. The molecule has 4 heterocycles. The molecule has 2 bridgehead atoms. The lowest BCUT2D eigenvalue weighted by molar-refractivity contribution is -0.119. The van der Waals surface area contributed by atoms with Crippen molar-refractivity contribution in [3.63, 3.8) is 0 Å². The Morgan fingerprint density at radius 3 is 2.61 bits per heavy atom. The Hall–Kier alpha value is -4.70. The van der Waals surface area contributed by atoms with E-state index in [-0.39, 0.29) is 23.9 Å². The van der Waals surface area contributed by atoms with Gasteiger partial charge in [-0.05, 0) is 79.5 Å². The highest BCUT2D eigenvalue weighted by Gasteiger charge is 2.47. The van der Waals surface area contributed by atoms with Crippen LogP contribution in [0.4, 0.5) is 0 Å². The largest absolute Gasteiger partial charge is 0.494 e. The predicted octanol–water partition coefficient (Wildman–Crippen LogP) is 4.87. The number of aromatic nitrogens is 4. The van der Waals surface area contributed by atoms with E-state index in [4.69, 9.17) is 20.4 Å². The molecule has 5 aromatic rings. The van der Waals surface area contributed by atoms with Crippen LogP contribution in [0.3, 0.4) is 0 Å². The minimum atomic E-state index is -0.0547. The molecule has 2 saturated carbocycles. The summed E-state index contributed by atoms with van der Waals surface area (Å²) in [5.74, 6) is 2.36. The zero-order valence-electron chi connectivity index (χ0n) is 26.5. The summed E-state index contributed by atoms with van der Waals surface area (Å²) >= 11 is 0. The third-order valence-corrected chi connectivity index (χ3v) is 10.2. The lowest BCUT2D eigenvalue weighted by Crippen LogP contribution is -2.41. The van der Waals surface area contributed by atoms with Crippen molar-refractivity contribution < 1.29 is 14.3 Å². The van der Waals surface area contributed by atoms with Gasteiger partial charge >= 0.3 is 0 Å². The number of amides is 2. The van der Waals surface area contributed by atoms with E-state index in [1.807, 2.05) is 36.2 Å². The Morgan fingerprint density at radius 2 is 1.89 bits per heavy atom. The zero-order valence-corrected chi connectivity index (χ0v) is 26.5. The number of piperidine rings is 1. The van der Waals surface area contributed by atoms with Gasteiger partial charge in [0.25, 0.3) is 5.91 Å². The summed E-state index contributed by atoms with van der Waals surface area (Å²) in [4.78, 5) is 37.5. The number of imidazole rings is 1. The minimum Gasteiger partial charge on any atom is -0.494 e. The molecule has 2 amide bonds. The number of rotatable bonds is 8. The summed E-state index contributed by atoms with van der Waals surface area (Å²) in [6, 6.07) is 18.4. The second kappa shape index (κ2) is 11.0. The fourth-order valence-corrected chi connectivity index (χ4v) is 7.55. The van der Waals surface area contributed by atoms with Crippen LogP contribution < -0.4 is 15.8 Å². The monoisotopic (exact) mass is 617 g/mol. The number of hydrogen-bond acceptors (Lipinski definition) is 6. The van der Waals surface area contributed by atoms with Crippen LogP contribution >= 0.6 is 0 Å². The van der Waals surface area contributed by atoms with Gasteiger partial charge in [0.1, 0.15) is 16.9 Å². The number of likely N-dealkylation sites (tertiary alicyclic amines) is 1. The summed E-state index contributed by atoms with van der Waals surface area (Å²) in [5.41, 5.74) is 13.4. The number of pyridine rings is 1. The quantitative estimate of drug-likeness (QED) is 0.256. The van der Waals surface area contributed by atoms with Gasteiger partial charge in [0.15, 0.2) is 5.82 Å². The number of carbonyl (C=O) groups excluding carboxylic acids is 2. The Balaban J connectivity index is 1.20. The summed E-state index contributed by atoms with van der Waals surface area (Å²) in [7, 11) is 3.65. The Morgan fingerprint density at radius 1 is 1.04 bits per heavy atom. The smallest absolute Gasteiger partial charge is 0.254 e. The number of aryl methyl sites for hydroxylation is 1. The predicted molar refractivity (Wildman–Crippen MR) is 177 cm³/mol. The molecule has 3 aliphatic rings. The molecule has 1 aliphatic heterocycles. The minimum absolute atomic E-state index is 0.00391. The zero-order chi connectivity index (χ0) is 31.7. The lowest BCUT2D eigenvalue weighted by atomic mass is 10.1. The molecule has 2 aromatic carbocycles. The number of methoxy groups -OCH3 is 1. The standard InChI is InChI=1S/C36H39N7O3/c1-20(44)38-17-22-5-4-6-23(13-22)27-11-9-24-15-30(42(34(24)39-27)18-21-7-8-21)35-40-28-14-26(16-31(46-3)33(28)41(35)2)36(45)43-19-25-10-12-29(43)32(25)37/h4-6,9,11,13-16,21,25,29,32H,7-8,10,12,17-19,37H2,1-3H3,(H,38,44)/t25-,29-,32-/m1/s1. The fraction of sp³-hybridized carbons (Fsp3) is 0.389. The summed E-state index contributed by atoms with van der Waals surface area (Å²) in [6.45, 7) is 3.58. The second-order valence-electron chi connectivity index (χ2n) is 13.3. The normalized spacial score (nSPS) is 20.6. The molecule has 3 fully saturated rings. The van der Waals surface area contributed by atoms with E-state index in [1.54, 1.807) is 7.11 Å². The first kappa shape index (κ1) is 28.8. The summed E-state index contributed by atoms with van der Waals surface area (Å²) in [6.07, 6.45) is 4.47. The first-order valence-electron chi connectivity index (χ1n) is 16.2. The molecule has 3 N–H and O–H groups in total. The number of nitrogens with one attached hydrogen (secondary N) is 1. The number of benzene rings is 2. The first-order chi connectivity index (χ1) is 22.3. The maximum atomic E-state index is 13.7. The molecule has 0 unspecified atom stereocenters. The molecule has 2 aliphatic carbocycles. The Kier molecular flexibility index (Phi) is 6.86. The van der Waals surface area contributed by atoms with Crippen molar-refractivity contribution >= 4 is 33.9 Å². The number of nitrogens with zero attached hydrogens (tertiary/aromatic N) is 5. The molecule has 46 heavy (non-hydrogen) atoms. The van der Waals surface area contributed by atoms with E-state index >= 15 is 0 Å². The molecule has 236 valence electrons. The van der Waals surface area contributed by atoms with Gasteiger partial charge < -0.3 is 29.8 Å². The molecular weight excluding hydrogens is 578 g/mol. The van der Waals surface area contributed by atoms with Crippen LogP contribution in [-0.4, -0.2) is 61.6 Å². The molecule has 10 nitrogen and oxygen atoms in total. The van der Waals surface area contributed by atoms with Crippen LogP contribution in [0.15, 0.2) is 54.6 Å². The van der Waals surface area contributed by atoms with Gasteiger partial charge in [-0.1, -0.05) is 18.2 Å². The summed E-state index contributed by atoms with van der Waals surface area (Å²) < 4.78 is 10.2. The third-order valence-electron chi connectivity index (χ3n) is 10.2. The first-order valence-corrected chi connectivity index (χ1v) is 16.2. The van der Waals surface area contributed by atoms with Crippen molar-refractivity contribution in [2.24, 2.45) is 24.6 Å². The van der Waals surface area contributed by atoms with Crippen LogP contribution in [-0.2, 0) is 24.9 Å². The van der Waals surface area contributed by atoms with Crippen molar-refractivity contribution in [1.29, 1.82) is 0 Å². The average molecular weight is 618 g/mol. The molecule has 0 spiro atoms. The maximum Gasteiger partial charge on any atom is 0.254 e. The van der Waals surface area contributed by atoms with Crippen molar-refractivity contribution in [2.45, 2.75) is 57.8 Å². The van der Waals surface area contributed by atoms with E-state index in [1.165, 1.54) is 19.8 Å². The van der Waals surface area contributed by atoms with E-state index < -0.39 is 0 Å². The van der Waals surface area contributed by atoms with Crippen LogP contribution in [0, 0.1) is 11.8 Å². The fourth-order valence-electron chi connectivity index (χ4n) is 7.55. The van der Waals surface area contributed by atoms with Gasteiger partial charge in [-0.15, -0.1) is 0 Å². The molecule has 3 aromatic heterocycles. The van der Waals surface area contributed by atoms with Crippen molar-refractivity contribution in [3.05, 3.63) is 65.7 Å². The topological polar surface area (TPSA) is 120 Å². The van der Waals surface area contributed by atoms with Gasteiger partial charge in [0, 0.05) is 62.2 Å². The number of carbonyl (C=O) groups is 2. The Labute approximate surface area is 267 Å². The number of ether oxygens (including phenoxy) is 1. The van der Waals surface area contributed by atoms with Crippen LogP contribution in [0.2, 0.25) is 0 Å². The van der Waals surface area contributed by atoms with E-state index in [0.717, 1.165) is 69.8 Å². The van der Waals surface area contributed by atoms with Gasteiger partial charge in [-0.3, -0.25) is 9.59 Å². The van der Waals surface area contributed by atoms with Crippen molar-refractivity contribution in [2.75, 3.05) is 13.7 Å². The second-order valence-corrected chi connectivity index (χ2v) is 13.3. The SMILES string of the molecule is COc1cc(C(=O)N2C[C@H]3CC[C@@H]2[C@@H]3N)cc2nc(-c3cc4ccc(-c5cccc(CNC(C)=O)c5)nc4n3CC3CC3)n(C)c12. The molecule has 3 atom stereocenters. The number of nitrogens with two attached hydrogens (primary N) is 1. The molecular formula is C36H39N7O3. The Bertz CT molecular complexity index is 2020. The van der Waals surface area contributed by atoms with Gasteiger partial charge in [-0.2, -0.15) is 0 Å². The third kappa shape index (κ3) is 4.83. The van der Waals surface area contributed by atoms with E-state index in [9.17, 15) is 9.59 Å².